The minimum atomic E-state index is -0.438. The van der Waals surface area contributed by atoms with Gasteiger partial charge in [-0.15, -0.1) is 0 Å². The Morgan fingerprint density at radius 1 is 1.53 bits per heavy atom. The van der Waals surface area contributed by atoms with Gasteiger partial charge in [0.05, 0.1) is 5.56 Å². The van der Waals surface area contributed by atoms with E-state index in [2.05, 4.69) is 15.9 Å². The van der Waals surface area contributed by atoms with Crippen molar-refractivity contribution in [3.63, 3.8) is 0 Å². The molecule has 1 saturated heterocycles. The minimum absolute atomic E-state index is 0.0926. The predicted molar refractivity (Wildman–Crippen MR) is 73.4 cm³/mol. The van der Waals surface area contributed by atoms with E-state index in [1.165, 1.54) is 18.2 Å². The highest BCUT2D eigenvalue weighted by Crippen LogP contribution is 2.23. The summed E-state index contributed by atoms with van der Waals surface area (Å²) >= 11 is 3.26. The minimum Gasteiger partial charge on any atom is -0.337 e. The van der Waals surface area contributed by atoms with Crippen LogP contribution < -0.4 is 0 Å². The lowest BCUT2D eigenvalue weighted by Crippen LogP contribution is -2.44. The van der Waals surface area contributed by atoms with Crippen LogP contribution in [0.25, 0.3) is 0 Å². The lowest BCUT2D eigenvalue weighted by Gasteiger charge is -2.31. The van der Waals surface area contributed by atoms with E-state index in [1.807, 2.05) is 6.92 Å². The molecule has 1 atom stereocenters. The maximum Gasteiger partial charge on any atom is 0.255 e. The van der Waals surface area contributed by atoms with Gasteiger partial charge < -0.3 is 4.90 Å². The van der Waals surface area contributed by atoms with Gasteiger partial charge in [0, 0.05) is 29.9 Å². The topological polar surface area (TPSA) is 37.4 Å². The number of rotatable bonds is 2. The maximum absolute atomic E-state index is 13.2. The summed E-state index contributed by atoms with van der Waals surface area (Å²) in [6, 6.07) is 4.05. The van der Waals surface area contributed by atoms with E-state index in [9.17, 15) is 14.0 Å². The Labute approximate surface area is 119 Å². The van der Waals surface area contributed by atoms with E-state index >= 15 is 0 Å². The molecule has 0 bridgehead atoms. The number of likely N-dealkylation sites (tertiary alicyclic amines) is 1. The summed E-state index contributed by atoms with van der Waals surface area (Å²) in [5, 5.41) is 0. The van der Waals surface area contributed by atoms with Crippen molar-refractivity contribution in [3.05, 3.63) is 34.1 Å². The third kappa shape index (κ3) is 3.03. The fraction of sp³-hybridized carbons (Fsp3) is 0.429. The van der Waals surface area contributed by atoms with Crippen LogP contribution in [0.3, 0.4) is 0 Å². The Hall–Kier alpha value is -1.23. The van der Waals surface area contributed by atoms with Crippen LogP contribution in [-0.2, 0) is 4.79 Å². The second kappa shape index (κ2) is 5.82. The van der Waals surface area contributed by atoms with Crippen molar-refractivity contribution in [2.24, 2.45) is 5.92 Å². The normalized spacial score (nSPS) is 19.6. The maximum atomic E-state index is 13.2. The van der Waals surface area contributed by atoms with Crippen LogP contribution in [0, 0.1) is 11.7 Å². The van der Waals surface area contributed by atoms with Crippen LogP contribution in [-0.4, -0.2) is 29.7 Å². The number of hydrogen-bond donors (Lipinski definition) is 0. The van der Waals surface area contributed by atoms with Gasteiger partial charge in [0.15, 0.2) is 0 Å². The summed E-state index contributed by atoms with van der Waals surface area (Å²) in [5.74, 6) is -0.543. The quantitative estimate of drug-likeness (QED) is 0.837. The first-order chi connectivity index (χ1) is 9.02. The number of Topliss-reactive ketones (excluding diaryl/α,β-unsaturated/α-hetero) is 1. The van der Waals surface area contributed by atoms with Gasteiger partial charge in [0.1, 0.15) is 11.6 Å². The van der Waals surface area contributed by atoms with Crippen molar-refractivity contribution < 1.29 is 14.0 Å². The third-order valence-corrected chi connectivity index (χ3v) is 4.15. The van der Waals surface area contributed by atoms with E-state index in [4.69, 9.17) is 0 Å². The lowest BCUT2D eigenvalue weighted by molar-refractivity contribution is -0.125. The smallest absolute Gasteiger partial charge is 0.255 e. The molecule has 1 aromatic carbocycles. The number of piperidine rings is 1. The lowest BCUT2D eigenvalue weighted by atomic mass is 9.93. The standard InChI is InChI=1S/C14H15BrFNO2/c1-2-9-8-17(6-5-13(9)18)14(19)11-7-10(16)3-4-12(11)15/h3-4,7,9H,2,5-6,8H2,1H3. The number of hydrogen-bond acceptors (Lipinski definition) is 2. The highest BCUT2D eigenvalue weighted by molar-refractivity contribution is 9.10. The summed E-state index contributed by atoms with van der Waals surface area (Å²) in [6.07, 6.45) is 1.12. The van der Waals surface area contributed by atoms with Crippen LogP contribution >= 0.6 is 15.9 Å². The van der Waals surface area contributed by atoms with Crippen LogP contribution in [0.15, 0.2) is 22.7 Å². The van der Waals surface area contributed by atoms with Gasteiger partial charge in [-0.2, -0.15) is 0 Å². The zero-order chi connectivity index (χ0) is 14.0. The largest absolute Gasteiger partial charge is 0.337 e. The first kappa shape index (κ1) is 14.2. The average molecular weight is 328 g/mol. The molecule has 19 heavy (non-hydrogen) atoms. The first-order valence-electron chi connectivity index (χ1n) is 6.30. The molecule has 5 heteroatoms. The number of halogens is 2. The summed E-state index contributed by atoms with van der Waals surface area (Å²) in [7, 11) is 0. The van der Waals surface area contributed by atoms with Gasteiger partial charge in [-0.05, 0) is 40.5 Å². The molecule has 0 aliphatic carbocycles. The molecule has 3 nitrogen and oxygen atoms in total. The number of benzene rings is 1. The molecule has 1 aromatic rings. The van der Waals surface area contributed by atoms with Crippen molar-refractivity contribution >= 4 is 27.6 Å². The van der Waals surface area contributed by atoms with E-state index in [0.29, 0.717) is 29.5 Å². The molecule has 1 amide bonds. The molecule has 0 radical (unpaired) electrons. The Balaban J connectivity index is 2.20. The highest BCUT2D eigenvalue weighted by Gasteiger charge is 2.29. The van der Waals surface area contributed by atoms with Crippen molar-refractivity contribution in [2.75, 3.05) is 13.1 Å². The molecular weight excluding hydrogens is 313 g/mol. The van der Waals surface area contributed by atoms with E-state index < -0.39 is 5.82 Å². The summed E-state index contributed by atoms with van der Waals surface area (Å²) in [6.45, 7) is 2.78. The Morgan fingerprint density at radius 2 is 2.26 bits per heavy atom. The Kier molecular flexibility index (Phi) is 4.34. The van der Waals surface area contributed by atoms with Crippen LogP contribution in [0.1, 0.15) is 30.1 Å². The molecular formula is C14H15BrFNO2. The summed E-state index contributed by atoms with van der Waals surface area (Å²) < 4.78 is 13.8. The SMILES string of the molecule is CCC1CN(C(=O)c2cc(F)ccc2Br)CCC1=O. The molecule has 0 aromatic heterocycles. The summed E-state index contributed by atoms with van der Waals surface area (Å²) in [4.78, 5) is 25.6. The van der Waals surface area contributed by atoms with Gasteiger partial charge in [0.25, 0.3) is 5.91 Å². The molecule has 1 fully saturated rings. The molecule has 1 aliphatic rings. The molecule has 102 valence electrons. The molecule has 2 rings (SSSR count). The van der Waals surface area contributed by atoms with Gasteiger partial charge >= 0.3 is 0 Å². The number of carbonyl (C=O) groups is 2. The molecule has 1 aliphatic heterocycles. The number of amides is 1. The highest BCUT2D eigenvalue weighted by atomic mass is 79.9. The monoisotopic (exact) mass is 327 g/mol. The van der Waals surface area contributed by atoms with Crippen LogP contribution in [0.2, 0.25) is 0 Å². The van der Waals surface area contributed by atoms with Crippen LogP contribution in [0.4, 0.5) is 4.39 Å². The fourth-order valence-electron chi connectivity index (χ4n) is 2.28. The van der Waals surface area contributed by atoms with Gasteiger partial charge in [0.2, 0.25) is 0 Å². The van der Waals surface area contributed by atoms with Crippen molar-refractivity contribution in [2.45, 2.75) is 19.8 Å². The zero-order valence-electron chi connectivity index (χ0n) is 10.7. The van der Waals surface area contributed by atoms with Crippen molar-refractivity contribution in [1.29, 1.82) is 0 Å². The van der Waals surface area contributed by atoms with Gasteiger partial charge in [-0.1, -0.05) is 6.92 Å². The number of ketones is 1. The molecule has 0 saturated carbocycles. The first-order valence-corrected chi connectivity index (χ1v) is 7.09. The van der Waals surface area contributed by atoms with Crippen molar-refractivity contribution in [1.82, 2.24) is 4.90 Å². The predicted octanol–water partition coefficient (Wildman–Crippen LogP) is 3.03. The average Bonchev–Trinajstić information content (AvgIpc) is 2.41. The van der Waals surface area contributed by atoms with Crippen LogP contribution in [0.5, 0.6) is 0 Å². The van der Waals surface area contributed by atoms with E-state index in [1.54, 1.807) is 4.90 Å². The molecule has 0 N–H and O–H groups in total. The second-order valence-corrected chi connectivity index (χ2v) is 5.55. The zero-order valence-corrected chi connectivity index (χ0v) is 12.2. The van der Waals surface area contributed by atoms with Gasteiger partial charge in [-0.3, -0.25) is 9.59 Å². The van der Waals surface area contributed by atoms with Crippen molar-refractivity contribution in [3.8, 4) is 0 Å². The van der Waals surface area contributed by atoms with E-state index in [-0.39, 0.29) is 17.6 Å². The second-order valence-electron chi connectivity index (χ2n) is 4.70. The third-order valence-electron chi connectivity index (χ3n) is 3.46. The van der Waals surface area contributed by atoms with E-state index in [0.717, 1.165) is 6.42 Å². The number of carbonyl (C=O) groups excluding carboxylic acids is 2. The molecule has 1 heterocycles. The molecule has 0 spiro atoms. The Bertz CT molecular complexity index is 518. The summed E-state index contributed by atoms with van der Waals surface area (Å²) in [5.41, 5.74) is 0.309. The van der Waals surface area contributed by atoms with Gasteiger partial charge in [-0.25, -0.2) is 4.39 Å². The molecule has 1 unspecified atom stereocenters. The Morgan fingerprint density at radius 3 is 2.95 bits per heavy atom. The number of nitrogens with zero attached hydrogens (tertiary/aromatic N) is 1. The fourth-order valence-corrected chi connectivity index (χ4v) is 2.70.